The minimum Gasteiger partial charge on any atom is -0.312 e. The number of benzene rings is 1. The summed E-state index contributed by atoms with van der Waals surface area (Å²) in [6.07, 6.45) is 3.07. The number of rotatable bonds is 7. The lowest BCUT2D eigenvalue weighted by Gasteiger charge is -2.24. The Morgan fingerprint density at radius 1 is 1.16 bits per heavy atom. The predicted molar refractivity (Wildman–Crippen MR) is 95.1 cm³/mol. The lowest BCUT2D eigenvalue weighted by molar-refractivity contribution is 0.276. The standard InChI is InChI=1S/C16H18N5O3P/c1-23-25(22,24-2)11-10-21(13-6-4-3-5-7-13)16-19-12-14-15(20-16)18-9-8-17-14/h3-9,12H,10-11H2,1-2H3/i9D. The van der Waals surface area contributed by atoms with Gasteiger partial charge in [-0.15, -0.1) is 0 Å². The van der Waals surface area contributed by atoms with Gasteiger partial charge >= 0.3 is 7.60 Å². The molecule has 3 rings (SSSR count). The normalized spacial score (nSPS) is 12.2. The topological polar surface area (TPSA) is 90.3 Å². The Labute approximate surface area is 146 Å². The van der Waals surface area contributed by atoms with Gasteiger partial charge < -0.3 is 13.9 Å². The van der Waals surface area contributed by atoms with Gasteiger partial charge in [0.1, 0.15) is 5.52 Å². The van der Waals surface area contributed by atoms with Gasteiger partial charge in [-0.2, -0.15) is 4.98 Å². The third-order valence-electron chi connectivity index (χ3n) is 3.63. The third kappa shape index (κ3) is 3.99. The first-order chi connectivity index (χ1) is 12.5. The maximum atomic E-state index is 12.4. The van der Waals surface area contributed by atoms with Crippen molar-refractivity contribution < 1.29 is 15.0 Å². The molecule has 2 heterocycles. The van der Waals surface area contributed by atoms with Gasteiger partial charge in [-0.05, 0) is 12.1 Å². The van der Waals surface area contributed by atoms with Crippen LogP contribution in [0.2, 0.25) is 0 Å². The lowest BCUT2D eigenvalue weighted by atomic mass is 10.3. The molecule has 0 atom stereocenters. The Kier molecular flexibility index (Phi) is 4.92. The van der Waals surface area contributed by atoms with Gasteiger partial charge in [0.2, 0.25) is 5.95 Å². The molecule has 0 spiro atoms. The van der Waals surface area contributed by atoms with Crippen LogP contribution in [0.4, 0.5) is 11.6 Å². The van der Waals surface area contributed by atoms with Crippen LogP contribution < -0.4 is 4.90 Å². The largest absolute Gasteiger partial charge is 0.331 e. The predicted octanol–water partition coefficient (Wildman–Crippen LogP) is 3.04. The van der Waals surface area contributed by atoms with E-state index in [0.717, 1.165) is 5.69 Å². The van der Waals surface area contributed by atoms with Crippen LogP contribution in [-0.4, -0.2) is 46.9 Å². The van der Waals surface area contributed by atoms with Crippen LogP contribution in [0.1, 0.15) is 1.37 Å². The fraction of sp³-hybridized carbons (Fsp3) is 0.250. The highest BCUT2D eigenvalue weighted by Crippen LogP contribution is 2.46. The van der Waals surface area contributed by atoms with Gasteiger partial charge in [-0.25, -0.2) is 15.0 Å². The Morgan fingerprint density at radius 2 is 1.92 bits per heavy atom. The first kappa shape index (κ1) is 16.1. The average Bonchev–Trinajstić information content (AvgIpc) is 2.68. The summed E-state index contributed by atoms with van der Waals surface area (Å²) in [4.78, 5) is 18.7. The summed E-state index contributed by atoms with van der Waals surface area (Å²) in [5, 5.41) is 0. The lowest BCUT2D eigenvalue weighted by Crippen LogP contribution is -2.24. The third-order valence-corrected chi connectivity index (χ3v) is 5.49. The number of hydrogen-bond acceptors (Lipinski definition) is 8. The van der Waals surface area contributed by atoms with Gasteiger partial charge in [0.15, 0.2) is 5.65 Å². The Balaban J connectivity index is 1.99. The minimum absolute atomic E-state index is 0.0247. The molecule has 0 bridgehead atoms. The van der Waals surface area contributed by atoms with Crippen molar-refractivity contribution in [3.05, 3.63) is 48.9 Å². The molecule has 1 aromatic carbocycles. The van der Waals surface area contributed by atoms with Crippen molar-refractivity contribution in [1.29, 1.82) is 0 Å². The van der Waals surface area contributed by atoms with E-state index < -0.39 is 7.60 Å². The number of hydrogen-bond donors (Lipinski definition) is 0. The minimum atomic E-state index is -3.19. The molecule has 25 heavy (non-hydrogen) atoms. The summed E-state index contributed by atoms with van der Waals surface area (Å²) < 4.78 is 30.1. The van der Waals surface area contributed by atoms with E-state index in [1.54, 1.807) is 11.1 Å². The molecular formula is C16H18N5O3P. The van der Waals surface area contributed by atoms with Crippen LogP contribution in [0.5, 0.6) is 0 Å². The summed E-state index contributed by atoms with van der Waals surface area (Å²) in [6, 6.07) is 9.46. The van der Waals surface area contributed by atoms with Crippen LogP contribution in [0, 0.1) is 0 Å². The van der Waals surface area contributed by atoms with E-state index in [1.165, 1.54) is 20.4 Å². The Bertz CT molecular complexity index is 936. The zero-order valence-electron chi connectivity index (χ0n) is 14.9. The van der Waals surface area contributed by atoms with Gasteiger partial charge in [0.25, 0.3) is 0 Å². The maximum absolute atomic E-state index is 12.4. The molecule has 9 heteroatoms. The highest BCUT2D eigenvalue weighted by Gasteiger charge is 2.24. The molecule has 2 aromatic heterocycles. The number of anilines is 2. The zero-order chi connectivity index (χ0) is 18.6. The molecule has 130 valence electrons. The molecule has 0 radical (unpaired) electrons. The summed E-state index contributed by atoms with van der Waals surface area (Å²) >= 11 is 0. The van der Waals surface area contributed by atoms with E-state index in [2.05, 4.69) is 19.9 Å². The molecule has 0 fully saturated rings. The first-order valence-corrected chi connectivity index (χ1v) is 9.27. The fourth-order valence-corrected chi connectivity index (χ4v) is 3.24. The molecule has 8 nitrogen and oxygen atoms in total. The van der Waals surface area contributed by atoms with E-state index in [0.29, 0.717) is 23.7 Å². The highest BCUT2D eigenvalue weighted by atomic mass is 31.2. The highest BCUT2D eigenvalue weighted by molar-refractivity contribution is 7.53. The molecule has 0 aliphatic carbocycles. The van der Waals surface area contributed by atoms with E-state index >= 15 is 0 Å². The molecule has 0 saturated heterocycles. The van der Waals surface area contributed by atoms with Crippen molar-refractivity contribution in [3.63, 3.8) is 0 Å². The van der Waals surface area contributed by atoms with Crippen LogP contribution in [-0.2, 0) is 13.6 Å². The second-order valence-corrected chi connectivity index (χ2v) is 7.46. The summed E-state index contributed by atoms with van der Waals surface area (Å²) in [5.41, 5.74) is 1.64. The smallest absolute Gasteiger partial charge is 0.312 e. The Morgan fingerprint density at radius 3 is 2.64 bits per heavy atom. The van der Waals surface area contributed by atoms with Crippen molar-refractivity contribution in [2.75, 3.05) is 31.8 Å². The first-order valence-electron chi connectivity index (χ1n) is 8.04. The van der Waals surface area contributed by atoms with E-state index in [-0.39, 0.29) is 12.3 Å². The molecule has 0 aliphatic rings. The maximum Gasteiger partial charge on any atom is 0.331 e. The number of para-hydroxylation sites is 1. The van der Waals surface area contributed by atoms with E-state index in [1.807, 2.05) is 30.3 Å². The van der Waals surface area contributed by atoms with Crippen LogP contribution in [0.15, 0.2) is 48.9 Å². The molecule has 0 saturated carbocycles. The monoisotopic (exact) mass is 360 g/mol. The van der Waals surface area contributed by atoms with E-state index in [4.69, 9.17) is 10.4 Å². The average molecular weight is 360 g/mol. The number of aromatic nitrogens is 4. The summed E-state index contributed by atoms with van der Waals surface area (Å²) in [5.74, 6) is 0.363. The van der Waals surface area contributed by atoms with Crippen LogP contribution >= 0.6 is 7.60 Å². The molecular weight excluding hydrogens is 341 g/mol. The van der Waals surface area contributed by atoms with Crippen molar-refractivity contribution >= 4 is 30.4 Å². The Hall–Kier alpha value is -2.41. The van der Waals surface area contributed by atoms with Gasteiger partial charge in [0, 0.05) is 38.8 Å². The van der Waals surface area contributed by atoms with Crippen LogP contribution in [0.3, 0.4) is 0 Å². The van der Waals surface area contributed by atoms with Crippen molar-refractivity contribution in [2.24, 2.45) is 0 Å². The second-order valence-electron chi connectivity index (χ2n) is 5.06. The van der Waals surface area contributed by atoms with E-state index in [9.17, 15) is 4.57 Å². The molecule has 0 N–H and O–H groups in total. The van der Waals surface area contributed by atoms with Crippen LogP contribution in [0.25, 0.3) is 11.2 Å². The number of fused-ring (bicyclic) bond motifs is 1. The molecule has 0 aliphatic heterocycles. The molecule has 0 amide bonds. The molecule has 3 aromatic rings. The quantitative estimate of drug-likeness (QED) is 0.594. The van der Waals surface area contributed by atoms with Gasteiger partial charge in [0.05, 0.1) is 13.7 Å². The van der Waals surface area contributed by atoms with Crippen molar-refractivity contribution in [2.45, 2.75) is 0 Å². The summed E-state index contributed by atoms with van der Waals surface area (Å²) in [7, 11) is -0.475. The molecule has 0 unspecified atom stereocenters. The van der Waals surface area contributed by atoms with Crippen molar-refractivity contribution in [1.82, 2.24) is 19.9 Å². The SMILES string of the molecule is [2H]c1cnc2cnc(N(CCP(=O)(OC)OC)c3ccccc3)nc2n1. The zero-order valence-corrected chi connectivity index (χ0v) is 14.8. The summed E-state index contributed by atoms with van der Waals surface area (Å²) in [6.45, 7) is 0.308. The fourth-order valence-electron chi connectivity index (χ4n) is 2.28. The van der Waals surface area contributed by atoms with Gasteiger partial charge in [-0.3, -0.25) is 4.57 Å². The number of nitrogens with zero attached hydrogens (tertiary/aromatic N) is 5. The van der Waals surface area contributed by atoms with Gasteiger partial charge in [-0.1, -0.05) is 18.2 Å². The second kappa shape index (κ2) is 7.65. The van der Waals surface area contributed by atoms with Crippen molar-refractivity contribution in [3.8, 4) is 0 Å².